The van der Waals surface area contributed by atoms with Crippen LogP contribution < -0.4 is 0 Å². The van der Waals surface area contributed by atoms with Crippen LogP contribution in [0.3, 0.4) is 0 Å². The Morgan fingerprint density at radius 1 is 1.09 bits per heavy atom. The second kappa shape index (κ2) is 4.56. The minimum atomic E-state index is -0.0624. The number of benzene rings is 2. The fraction of sp³-hybridized carbons (Fsp3) is 0.409. The van der Waals surface area contributed by atoms with Crippen LogP contribution in [0.4, 0.5) is 0 Å². The van der Waals surface area contributed by atoms with Gasteiger partial charge in [0, 0.05) is 11.8 Å². The van der Waals surface area contributed by atoms with Gasteiger partial charge in [0.2, 0.25) is 0 Å². The van der Waals surface area contributed by atoms with Gasteiger partial charge >= 0.3 is 0 Å². The molecule has 5 rings (SSSR count). The number of Topliss-reactive ketones (excluding diaryl/α,β-unsaturated/α-hetero) is 1. The van der Waals surface area contributed by atoms with Gasteiger partial charge in [0.05, 0.1) is 0 Å². The molecule has 1 fully saturated rings. The molecule has 3 aliphatic rings. The minimum Gasteiger partial charge on any atom is -0.299 e. The van der Waals surface area contributed by atoms with Gasteiger partial charge in [-0.2, -0.15) is 0 Å². The Labute approximate surface area is 137 Å². The lowest BCUT2D eigenvalue weighted by Gasteiger charge is -2.39. The molecule has 2 aromatic rings. The standard InChI is InChI=1S/C22H22O/c1-2-14-3-5-16-9-18-11-21(23)22(12-15-4-6-20(22)8-15)13-19(18)10-17(16)7-14/h3-5,7,9-10,20H,2,6,8,11-13H2,1H3. The van der Waals surface area contributed by atoms with E-state index in [4.69, 9.17) is 0 Å². The molecular formula is C22H22O. The Kier molecular flexibility index (Phi) is 2.69. The number of ketones is 1. The highest BCUT2D eigenvalue weighted by atomic mass is 16.1. The van der Waals surface area contributed by atoms with Crippen molar-refractivity contribution < 1.29 is 4.79 Å². The van der Waals surface area contributed by atoms with Crippen LogP contribution in [0.5, 0.6) is 0 Å². The zero-order valence-corrected chi connectivity index (χ0v) is 13.7. The van der Waals surface area contributed by atoms with E-state index in [-0.39, 0.29) is 5.41 Å². The molecule has 1 saturated carbocycles. The van der Waals surface area contributed by atoms with Crippen molar-refractivity contribution in [1.82, 2.24) is 0 Å². The number of allylic oxidation sites excluding steroid dienone is 2. The predicted octanol–water partition coefficient (Wildman–Crippen LogP) is 4.80. The maximum Gasteiger partial charge on any atom is 0.144 e. The molecule has 1 nitrogen and oxygen atoms in total. The van der Waals surface area contributed by atoms with Crippen molar-refractivity contribution in [3.8, 4) is 0 Å². The van der Waals surface area contributed by atoms with Gasteiger partial charge < -0.3 is 0 Å². The van der Waals surface area contributed by atoms with Crippen molar-refractivity contribution in [2.75, 3.05) is 0 Å². The van der Waals surface area contributed by atoms with Crippen LogP contribution in [0, 0.1) is 11.3 Å². The predicted molar refractivity (Wildman–Crippen MR) is 93.6 cm³/mol. The fourth-order valence-corrected chi connectivity index (χ4v) is 5.22. The highest BCUT2D eigenvalue weighted by Gasteiger charge is 2.53. The molecule has 0 aromatic heterocycles. The van der Waals surface area contributed by atoms with Gasteiger partial charge in [-0.15, -0.1) is 0 Å². The van der Waals surface area contributed by atoms with Gasteiger partial charge in [0.15, 0.2) is 0 Å². The minimum absolute atomic E-state index is 0.0624. The monoisotopic (exact) mass is 302 g/mol. The quantitative estimate of drug-likeness (QED) is 0.692. The smallest absolute Gasteiger partial charge is 0.144 e. The van der Waals surface area contributed by atoms with Gasteiger partial charge in [0.25, 0.3) is 0 Å². The van der Waals surface area contributed by atoms with Crippen LogP contribution in [-0.4, -0.2) is 5.78 Å². The Bertz CT molecular complexity index is 873. The summed E-state index contributed by atoms with van der Waals surface area (Å²) >= 11 is 0. The van der Waals surface area contributed by atoms with Crippen molar-refractivity contribution in [3.05, 3.63) is 58.7 Å². The molecule has 0 radical (unpaired) electrons. The molecule has 0 saturated heterocycles. The van der Waals surface area contributed by atoms with E-state index in [0.717, 1.165) is 25.7 Å². The maximum absolute atomic E-state index is 13.0. The van der Waals surface area contributed by atoms with E-state index in [1.165, 1.54) is 33.9 Å². The van der Waals surface area contributed by atoms with Crippen LogP contribution in [-0.2, 0) is 24.1 Å². The van der Waals surface area contributed by atoms with Crippen molar-refractivity contribution in [1.29, 1.82) is 0 Å². The first-order chi connectivity index (χ1) is 11.2. The van der Waals surface area contributed by atoms with Crippen LogP contribution in [0.25, 0.3) is 10.8 Å². The summed E-state index contributed by atoms with van der Waals surface area (Å²) in [5, 5.41) is 2.62. The lowest BCUT2D eigenvalue weighted by molar-refractivity contribution is -0.131. The van der Waals surface area contributed by atoms with Crippen LogP contribution in [0.15, 0.2) is 42.0 Å². The molecule has 23 heavy (non-hydrogen) atoms. The number of aryl methyl sites for hydroxylation is 1. The van der Waals surface area contributed by atoms with Crippen molar-refractivity contribution in [2.45, 2.75) is 45.4 Å². The first-order valence-electron chi connectivity index (χ1n) is 8.93. The first-order valence-corrected chi connectivity index (χ1v) is 8.93. The number of hydrogen-bond acceptors (Lipinski definition) is 1. The summed E-state index contributed by atoms with van der Waals surface area (Å²) in [5.74, 6) is 1.08. The zero-order chi connectivity index (χ0) is 15.6. The van der Waals surface area contributed by atoms with Gasteiger partial charge in [-0.05, 0) is 65.5 Å². The Morgan fingerprint density at radius 3 is 2.70 bits per heavy atom. The zero-order valence-electron chi connectivity index (χ0n) is 13.7. The lowest BCUT2D eigenvalue weighted by Crippen LogP contribution is -2.42. The molecule has 0 aliphatic heterocycles. The molecule has 2 atom stereocenters. The molecule has 0 heterocycles. The molecule has 3 aliphatic carbocycles. The number of fused-ring (bicyclic) bond motifs is 5. The average Bonchev–Trinajstić information content (AvgIpc) is 3.15. The van der Waals surface area contributed by atoms with E-state index in [2.05, 4.69) is 43.3 Å². The van der Waals surface area contributed by atoms with Gasteiger partial charge in [-0.25, -0.2) is 0 Å². The second-order valence-electron chi connectivity index (χ2n) is 7.76. The molecule has 116 valence electrons. The van der Waals surface area contributed by atoms with E-state index in [1.807, 2.05) is 0 Å². The van der Waals surface area contributed by atoms with E-state index in [1.54, 1.807) is 5.57 Å². The second-order valence-corrected chi connectivity index (χ2v) is 7.76. The molecule has 0 N–H and O–H groups in total. The summed E-state index contributed by atoms with van der Waals surface area (Å²) in [7, 11) is 0. The summed E-state index contributed by atoms with van der Waals surface area (Å²) in [4.78, 5) is 13.0. The summed E-state index contributed by atoms with van der Waals surface area (Å²) < 4.78 is 0. The topological polar surface area (TPSA) is 17.1 Å². The highest BCUT2D eigenvalue weighted by Crippen LogP contribution is 2.57. The van der Waals surface area contributed by atoms with Crippen LogP contribution in [0.2, 0.25) is 0 Å². The highest BCUT2D eigenvalue weighted by molar-refractivity contribution is 5.93. The molecular weight excluding hydrogens is 280 g/mol. The number of rotatable bonds is 1. The van der Waals surface area contributed by atoms with Crippen molar-refractivity contribution in [3.63, 3.8) is 0 Å². The van der Waals surface area contributed by atoms with Crippen molar-refractivity contribution in [2.24, 2.45) is 11.3 Å². The van der Waals surface area contributed by atoms with E-state index in [0.29, 0.717) is 18.1 Å². The maximum atomic E-state index is 13.0. The molecule has 1 heteroatoms. The van der Waals surface area contributed by atoms with E-state index in [9.17, 15) is 4.79 Å². The van der Waals surface area contributed by atoms with E-state index < -0.39 is 0 Å². The van der Waals surface area contributed by atoms with Crippen LogP contribution in [0.1, 0.15) is 42.9 Å². The van der Waals surface area contributed by atoms with Crippen molar-refractivity contribution >= 4 is 16.6 Å². The molecule has 1 spiro atoms. The first kappa shape index (κ1) is 13.5. The third-order valence-electron chi connectivity index (χ3n) is 6.57. The Morgan fingerprint density at radius 2 is 1.96 bits per heavy atom. The summed E-state index contributed by atoms with van der Waals surface area (Å²) in [6.07, 6.45) is 8.40. The van der Waals surface area contributed by atoms with Gasteiger partial charge in [-0.3, -0.25) is 4.79 Å². The number of hydrogen-bond donors (Lipinski definition) is 0. The molecule has 0 amide bonds. The van der Waals surface area contributed by atoms with E-state index >= 15 is 0 Å². The molecule has 2 unspecified atom stereocenters. The lowest BCUT2D eigenvalue weighted by atomic mass is 9.63. The third-order valence-corrected chi connectivity index (χ3v) is 6.57. The summed E-state index contributed by atoms with van der Waals surface area (Å²) in [6.45, 7) is 2.20. The SMILES string of the molecule is CCc1ccc2cc3c(cc2c1)CC1(CC2=CCC1C2)C(=O)C3. The summed E-state index contributed by atoms with van der Waals surface area (Å²) in [5.41, 5.74) is 5.57. The third kappa shape index (κ3) is 1.83. The fourth-order valence-electron chi connectivity index (χ4n) is 5.22. The normalized spacial score (nSPS) is 28.5. The van der Waals surface area contributed by atoms with Gasteiger partial charge in [0.1, 0.15) is 5.78 Å². The Balaban J connectivity index is 1.63. The van der Waals surface area contributed by atoms with Crippen LogP contribution >= 0.6 is 0 Å². The number of carbonyl (C=O) groups is 1. The Hall–Kier alpha value is -1.89. The average molecular weight is 302 g/mol. The molecule has 2 bridgehead atoms. The summed E-state index contributed by atoms with van der Waals surface area (Å²) in [6, 6.07) is 11.4. The van der Waals surface area contributed by atoms with Gasteiger partial charge in [-0.1, -0.05) is 48.9 Å². The molecule has 2 aromatic carbocycles. The largest absolute Gasteiger partial charge is 0.299 e. The number of carbonyl (C=O) groups excluding carboxylic acids is 1.